The predicted molar refractivity (Wildman–Crippen MR) is 78.9 cm³/mol. The summed E-state index contributed by atoms with van der Waals surface area (Å²) in [6.07, 6.45) is 5.44. The van der Waals surface area contributed by atoms with Crippen molar-refractivity contribution in [1.82, 2.24) is 9.88 Å². The Hall–Kier alpha value is -0.980. The molecule has 2 heterocycles. The molecule has 1 N–H and O–H groups in total. The van der Waals surface area contributed by atoms with Crippen LogP contribution in [0.3, 0.4) is 0 Å². The van der Waals surface area contributed by atoms with E-state index in [1.165, 1.54) is 30.6 Å². The largest absolute Gasteiger partial charge is 0.379 e. The molecule has 0 aromatic carbocycles. The number of rotatable bonds is 3. The van der Waals surface area contributed by atoms with Crippen molar-refractivity contribution < 1.29 is 9.53 Å². The number of thiazole rings is 1. The van der Waals surface area contributed by atoms with Crippen molar-refractivity contribution in [2.45, 2.75) is 32.2 Å². The molecule has 1 atom stereocenters. The van der Waals surface area contributed by atoms with Gasteiger partial charge in [0.15, 0.2) is 5.13 Å². The van der Waals surface area contributed by atoms with Gasteiger partial charge in [-0.3, -0.25) is 9.69 Å². The van der Waals surface area contributed by atoms with Gasteiger partial charge < -0.3 is 10.1 Å². The van der Waals surface area contributed by atoms with Gasteiger partial charge in [0.1, 0.15) is 0 Å². The van der Waals surface area contributed by atoms with Gasteiger partial charge in [-0.05, 0) is 19.8 Å². The van der Waals surface area contributed by atoms with Crippen LogP contribution in [-0.4, -0.2) is 48.1 Å². The Morgan fingerprint density at radius 2 is 2.45 bits per heavy atom. The summed E-state index contributed by atoms with van der Waals surface area (Å²) in [7, 11) is 0. The second kappa shape index (κ2) is 5.79. The second-order valence-electron chi connectivity index (χ2n) is 5.88. The number of ether oxygens (including phenoxy) is 1. The van der Waals surface area contributed by atoms with Gasteiger partial charge in [0.25, 0.3) is 0 Å². The normalized spacial score (nSPS) is 23.9. The highest BCUT2D eigenvalue weighted by molar-refractivity contribution is 7.13. The summed E-state index contributed by atoms with van der Waals surface area (Å²) in [5, 5.41) is 5.43. The summed E-state index contributed by atoms with van der Waals surface area (Å²) >= 11 is 1.45. The van der Waals surface area contributed by atoms with Crippen LogP contribution in [0.25, 0.3) is 0 Å². The Labute approximate surface area is 123 Å². The van der Waals surface area contributed by atoms with Gasteiger partial charge >= 0.3 is 0 Å². The fraction of sp³-hybridized carbons (Fsp3) is 0.714. The lowest BCUT2D eigenvalue weighted by atomic mass is 9.69. The van der Waals surface area contributed by atoms with Crippen molar-refractivity contribution in [2.75, 3.05) is 31.6 Å². The van der Waals surface area contributed by atoms with E-state index in [1.54, 1.807) is 6.20 Å². The van der Waals surface area contributed by atoms with Crippen LogP contribution in [0.5, 0.6) is 0 Å². The predicted octanol–water partition coefficient (Wildman–Crippen LogP) is 1.97. The number of aromatic nitrogens is 1. The van der Waals surface area contributed by atoms with Crippen LogP contribution in [0.1, 0.15) is 26.2 Å². The second-order valence-corrected chi connectivity index (χ2v) is 6.77. The third-order valence-corrected chi connectivity index (χ3v) is 5.16. The van der Waals surface area contributed by atoms with Gasteiger partial charge in [-0.1, -0.05) is 6.42 Å². The average Bonchev–Trinajstić information content (AvgIpc) is 2.79. The van der Waals surface area contributed by atoms with Gasteiger partial charge in [-0.2, -0.15) is 0 Å². The minimum absolute atomic E-state index is 0.0244. The molecule has 2 fully saturated rings. The molecule has 1 aromatic rings. The molecule has 0 radical (unpaired) electrons. The summed E-state index contributed by atoms with van der Waals surface area (Å²) in [6.45, 7) is 5.34. The molecule has 1 saturated heterocycles. The van der Waals surface area contributed by atoms with Crippen molar-refractivity contribution in [3.63, 3.8) is 0 Å². The highest BCUT2D eigenvalue weighted by atomic mass is 32.1. The molecule has 3 rings (SSSR count). The van der Waals surface area contributed by atoms with Crippen LogP contribution in [0, 0.1) is 5.41 Å². The van der Waals surface area contributed by atoms with E-state index in [4.69, 9.17) is 4.74 Å². The Kier molecular flexibility index (Phi) is 4.05. The highest BCUT2D eigenvalue weighted by Gasteiger charge is 2.41. The van der Waals surface area contributed by atoms with Gasteiger partial charge in [-0.25, -0.2) is 4.98 Å². The number of anilines is 1. The number of carbonyl (C=O) groups is 1. The minimum atomic E-state index is -0.141. The molecule has 1 amide bonds. The van der Waals surface area contributed by atoms with E-state index < -0.39 is 0 Å². The van der Waals surface area contributed by atoms with Crippen molar-refractivity contribution in [3.05, 3.63) is 11.6 Å². The SMILES string of the molecule is CC(C(=O)Nc1nccs1)N1CCOCC2(CCC2)C1. The molecule has 6 heteroatoms. The van der Waals surface area contributed by atoms with Gasteiger partial charge in [0.05, 0.1) is 19.3 Å². The Morgan fingerprint density at radius 1 is 1.60 bits per heavy atom. The van der Waals surface area contributed by atoms with E-state index >= 15 is 0 Å². The van der Waals surface area contributed by atoms with Gasteiger partial charge in [0.2, 0.25) is 5.91 Å². The summed E-state index contributed by atoms with van der Waals surface area (Å²) in [5.74, 6) is 0.0244. The quantitative estimate of drug-likeness (QED) is 0.926. The third-order valence-electron chi connectivity index (χ3n) is 4.47. The van der Waals surface area contributed by atoms with Crippen molar-refractivity contribution in [3.8, 4) is 0 Å². The summed E-state index contributed by atoms with van der Waals surface area (Å²) < 4.78 is 5.73. The molecule has 0 bridgehead atoms. The molecule has 1 unspecified atom stereocenters. The molecule has 1 aliphatic heterocycles. The van der Waals surface area contributed by atoms with Crippen molar-refractivity contribution in [1.29, 1.82) is 0 Å². The van der Waals surface area contributed by atoms with Gasteiger partial charge in [0, 0.05) is 30.1 Å². The fourth-order valence-electron chi connectivity index (χ4n) is 3.00. The topological polar surface area (TPSA) is 54.5 Å². The lowest BCUT2D eigenvalue weighted by Crippen LogP contribution is -2.49. The zero-order chi connectivity index (χ0) is 14.0. The van der Waals surface area contributed by atoms with Crippen LogP contribution in [0.2, 0.25) is 0 Å². The molecule has 5 nitrogen and oxygen atoms in total. The third kappa shape index (κ3) is 2.87. The van der Waals surface area contributed by atoms with E-state index in [1.807, 2.05) is 12.3 Å². The first kappa shape index (κ1) is 14.0. The molecule has 1 spiro atoms. The summed E-state index contributed by atoms with van der Waals surface area (Å²) in [4.78, 5) is 18.7. The molecule has 1 saturated carbocycles. The average molecular weight is 295 g/mol. The maximum absolute atomic E-state index is 12.3. The number of nitrogens with one attached hydrogen (secondary N) is 1. The molecule has 1 aliphatic carbocycles. The fourth-order valence-corrected chi connectivity index (χ4v) is 3.53. The maximum atomic E-state index is 12.3. The Bertz CT molecular complexity index is 459. The van der Waals surface area contributed by atoms with E-state index in [9.17, 15) is 4.79 Å². The molecular weight excluding hydrogens is 274 g/mol. The molecule has 20 heavy (non-hydrogen) atoms. The molecule has 110 valence electrons. The Balaban J connectivity index is 1.62. The zero-order valence-corrected chi connectivity index (χ0v) is 12.6. The maximum Gasteiger partial charge on any atom is 0.243 e. The van der Waals surface area contributed by atoms with Crippen LogP contribution in [0.15, 0.2) is 11.6 Å². The summed E-state index contributed by atoms with van der Waals surface area (Å²) in [5.41, 5.74) is 0.298. The first-order chi connectivity index (χ1) is 9.69. The van der Waals surface area contributed by atoms with Crippen molar-refractivity contribution >= 4 is 22.4 Å². The Morgan fingerprint density at radius 3 is 3.10 bits per heavy atom. The van der Waals surface area contributed by atoms with E-state index in [0.717, 1.165) is 26.3 Å². The lowest BCUT2D eigenvalue weighted by molar-refractivity contribution is -0.121. The van der Waals surface area contributed by atoms with Crippen LogP contribution < -0.4 is 5.32 Å². The van der Waals surface area contributed by atoms with E-state index in [0.29, 0.717) is 10.5 Å². The number of hydrogen-bond acceptors (Lipinski definition) is 5. The molecular formula is C14H21N3O2S. The molecule has 1 aromatic heterocycles. The smallest absolute Gasteiger partial charge is 0.243 e. The highest BCUT2D eigenvalue weighted by Crippen LogP contribution is 2.43. The molecule has 2 aliphatic rings. The monoisotopic (exact) mass is 295 g/mol. The zero-order valence-electron chi connectivity index (χ0n) is 11.8. The standard InChI is InChI=1S/C14H21N3O2S/c1-11(12(18)16-13-15-5-8-20-13)17-6-7-19-10-14(9-17)3-2-4-14/h5,8,11H,2-4,6-7,9-10H2,1H3,(H,15,16,18). The first-order valence-electron chi connectivity index (χ1n) is 7.21. The van der Waals surface area contributed by atoms with Gasteiger partial charge in [-0.15, -0.1) is 11.3 Å². The van der Waals surface area contributed by atoms with E-state index in [-0.39, 0.29) is 11.9 Å². The lowest BCUT2D eigenvalue weighted by Gasteiger charge is -2.43. The van der Waals surface area contributed by atoms with Crippen LogP contribution >= 0.6 is 11.3 Å². The van der Waals surface area contributed by atoms with Crippen LogP contribution in [-0.2, 0) is 9.53 Å². The minimum Gasteiger partial charge on any atom is -0.379 e. The number of hydrogen-bond donors (Lipinski definition) is 1. The number of amides is 1. The van der Waals surface area contributed by atoms with Crippen molar-refractivity contribution in [2.24, 2.45) is 5.41 Å². The number of nitrogens with zero attached hydrogens (tertiary/aromatic N) is 2. The van der Waals surface area contributed by atoms with Crippen LogP contribution in [0.4, 0.5) is 5.13 Å². The summed E-state index contributed by atoms with van der Waals surface area (Å²) in [6, 6.07) is -0.141. The number of carbonyl (C=O) groups excluding carboxylic acids is 1. The first-order valence-corrected chi connectivity index (χ1v) is 8.09. The van der Waals surface area contributed by atoms with E-state index in [2.05, 4.69) is 15.2 Å².